The summed E-state index contributed by atoms with van der Waals surface area (Å²) in [5, 5.41) is 22.7. The molecule has 0 N–H and O–H groups in total. The van der Waals surface area contributed by atoms with Crippen molar-refractivity contribution in [3.05, 3.63) is 467 Å². The van der Waals surface area contributed by atoms with Crippen molar-refractivity contribution in [2.24, 2.45) is 0 Å². The van der Waals surface area contributed by atoms with Gasteiger partial charge in [0.15, 0.2) is 52.4 Å². The maximum atomic E-state index is 6.27. The van der Waals surface area contributed by atoms with E-state index in [-0.39, 0.29) is 0 Å². The average molecular weight is 1780 g/mol. The molecular formula is C127H77N9O3. The van der Waals surface area contributed by atoms with Crippen LogP contribution in [0.15, 0.2) is 480 Å². The van der Waals surface area contributed by atoms with Crippen LogP contribution in [0, 0.1) is 0 Å². The molecule has 6 aromatic heterocycles. The first-order valence-electron chi connectivity index (χ1n) is 46.5. The smallest absolute Gasteiger partial charge is 0.164 e. The Labute approximate surface area is 796 Å². The lowest BCUT2D eigenvalue weighted by atomic mass is 9.92. The fourth-order valence-corrected chi connectivity index (χ4v) is 19.8. The second kappa shape index (κ2) is 34.3. The molecule has 28 aromatic rings. The zero-order valence-electron chi connectivity index (χ0n) is 74.7. The van der Waals surface area contributed by atoms with E-state index in [0.717, 1.165) is 203 Å². The van der Waals surface area contributed by atoms with E-state index in [1.807, 2.05) is 109 Å². The van der Waals surface area contributed by atoms with E-state index < -0.39 is 0 Å². The van der Waals surface area contributed by atoms with E-state index in [1.54, 1.807) is 0 Å². The lowest BCUT2D eigenvalue weighted by Crippen LogP contribution is -2.00. The van der Waals surface area contributed by atoms with Crippen molar-refractivity contribution in [2.45, 2.75) is 0 Å². The number of aromatic nitrogens is 9. The minimum Gasteiger partial charge on any atom is -0.456 e. The van der Waals surface area contributed by atoms with E-state index >= 15 is 0 Å². The van der Waals surface area contributed by atoms with E-state index in [9.17, 15) is 0 Å². The van der Waals surface area contributed by atoms with Gasteiger partial charge >= 0.3 is 0 Å². The highest BCUT2D eigenvalue weighted by molar-refractivity contribution is 6.19. The van der Waals surface area contributed by atoms with Crippen LogP contribution in [0.25, 0.3) is 277 Å². The number of fused-ring (bicyclic) bond motifs is 16. The van der Waals surface area contributed by atoms with Gasteiger partial charge in [-0.25, -0.2) is 44.9 Å². The van der Waals surface area contributed by atoms with E-state index in [2.05, 4.69) is 358 Å². The third-order valence-corrected chi connectivity index (χ3v) is 26.5. The second-order valence-corrected chi connectivity index (χ2v) is 34.9. The zero-order valence-corrected chi connectivity index (χ0v) is 74.7. The van der Waals surface area contributed by atoms with Crippen LogP contribution in [0.3, 0.4) is 0 Å². The summed E-state index contributed by atoms with van der Waals surface area (Å²) in [5.74, 6) is 5.77. The quantitative estimate of drug-likeness (QED) is 0.114. The van der Waals surface area contributed by atoms with Crippen molar-refractivity contribution < 1.29 is 13.3 Å². The monoisotopic (exact) mass is 1780 g/mol. The Morgan fingerprint density at radius 1 is 0.115 bits per heavy atom. The molecule has 0 saturated heterocycles. The minimum absolute atomic E-state index is 0.628. The Morgan fingerprint density at radius 2 is 0.388 bits per heavy atom. The van der Waals surface area contributed by atoms with Crippen molar-refractivity contribution in [2.75, 3.05) is 0 Å². The van der Waals surface area contributed by atoms with Crippen LogP contribution in [0.4, 0.5) is 0 Å². The van der Waals surface area contributed by atoms with Crippen molar-refractivity contribution in [3.63, 3.8) is 0 Å². The summed E-state index contributed by atoms with van der Waals surface area (Å²) in [6.07, 6.45) is 0. The molecule has 12 heteroatoms. The zero-order chi connectivity index (χ0) is 91.8. The molecule has 0 spiro atoms. The van der Waals surface area contributed by atoms with Crippen LogP contribution in [0.2, 0.25) is 0 Å². The lowest BCUT2D eigenvalue weighted by Gasteiger charge is -2.13. The third kappa shape index (κ3) is 15.0. The molecule has 0 unspecified atom stereocenters. The number of para-hydroxylation sites is 3. The fraction of sp³-hybridized carbons (Fsp3) is 0. The molecule has 0 bridgehead atoms. The number of benzene rings is 22. The minimum atomic E-state index is 0.628. The molecule has 0 aliphatic rings. The highest BCUT2D eigenvalue weighted by Gasteiger charge is 2.25. The van der Waals surface area contributed by atoms with E-state index in [0.29, 0.717) is 52.4 Å². The van der Waals surface area contributed by atoms with Crippen LogP contribution in [-0.4, -0.2) is 44.9 Å². The number of furan rings is 3. The first kappa shape index (κ1) is 80.9. The maximum absolute atomic E-state index is 6.27. The largest absolute Gasteiger partial charge is 0.456 e. The molecule has 0 fully saturated rings. The van der Waals surface area contributed by atoms with Crippen molar-refractivity contribution in [1.82, 2.24) is 44.9 Å². The molecule has 0 amide bonds. The Bertz CT molecular complexity index is 9680. The molecule has 0 aliphatic carbocycles. The van der Waals surface area contributed by atoms with Crippen LogP contribution in [-0.2, 0) is 0 Å². The molecule has 0 atom stereocenters. The lowest BCUT2D eigenvalue weighted by molar-refractivity contribution is 0.668. The van der Waals surface area contributed by atoms with Gasteiger partial charge in [-0.05, 0) is 188 Å². The van der Waals surface area contributed by atoms with Gasteiger partial charge in [0.1, 0.15) is 33.5 Å². The summed E-state index contributed by atoms with van der Waals surface area (Å²) < 4.78 is 18.6. The topological polar surface area (TPSA) is 155 Å². The Morgan fingerprint density at radius 3 is 0.835 bits per heavy atom. The first-order valence-corrected chi connectivity index (χ1v) is 46.5. The highest BCUT2D eigenvalue weighted by atomic mass is 16.3. The van der Waals surface area contributed by atoms with Crippen LogP contribution < -0.4 is 0 Å². The van der Waals surface area contributed by atoms with Crippen molar-refractivity contribution in [3.8, 4) is 136 Å². The third-order valence-electron chi connectivity index (χ3n) is 26.5. The van der Waals surface area contributed by atoms with Gasteiger partial charge in [-0.1, -0.05) is 388 Å². The Kier molecular flexibility index (Phi) is 20.0. The normalized spacial score (nSPS) is 11.6. The van der Waals surface area contributed by atoms with Gasteiger partial charge in [-0.15, -0.1) is 0 Å². The molecule has 0 aliphatic heterocycles. The predicted octanol–water partition coefficient (Wildman–Crippen LogP) is 33.4. The van der Waals surface area contributed by atoms with Gasteiger partial charge in [-0.2, -0.15) is 0 Å². The predicted molar refractivity (Wildman–Crippen MR) is 569 cm³/mol. The first-order chi connectivity index (χ1) is 68.8. The second-order valence-electron chi connectivity index (χ2n) is 34.9. The summed E-state index contributed by atoms with van der Waals surface area (Å²) in [5.41, 5.74) is 20.6. The van der Waals surface area contributed by atoms with Gasteiger partial charge in [-0.3, -0.25) is 0 Å². The summed E-state index contributed by atoms with van der Waals surface area (Å²) in [7, 11) is 0. The Hall–Kier alpha value is -18.9. The SMILES string of the molecule is c1ccc(-c2nc(-c3ccc4ccccc4c3)nc(-c3cc(-c4cccc5oc6ccccc6c45)c4ccccc4c3)n2)cc1.c1ccc(-c2nc(-c3ccc4ccccc4c3)nc(-c3cccc4c(-c5cccc6oc7ccccc7c56)cccc34)n2)cc1.c1ccc2cc(-c3nc(-c4ccc5ccccc5c4)nc(-c4cccc5c(-c6ccc7oc8ccccc8c7c6)cccc45)n3)ccc2c1. The van der Waals surface area contributed by atoms with Crippen molar-refractivity contribution >= 4 is 141 Å². The molecule has 0 radical (unpaired) electrons. The summed E-state index contributed by atoms with van der Waals surface area (Å²) in [4.78, 5) is 45.7. The highest BCUT2D eigenvalue weighted by Crippen LogP contribution is 2.46. The summed E-state index contributed by atoms with van der Waals surface area (Å²) in [6.45, 7) is 0. The summed E-state index contributed by atoms with van der Waals surface area (Å²) in [6, 6.07) is 161. The molecule has 0 saturated carbocycles. The number of rotatable bonds is 12. The molecule has 139 heavy (non-hydrogen) atoms. The van der Waals surface area contributed by atoms with Gasteiger partial charge in [0.25, 0.3) is 0 Å². The van der Waals surface area contributed by atoms with Crippen LogP contribution >= 0.6 is 0 Å². The average Bonchev–Trinajstić information content (AvgIpc) is 1.65. The van der Waals surface area contributed by atoms with E-state index in [1.165, 1.54) is 21.5 Å². The maximum Gasteiger partial charge on any atom is 0.164 e. The van der Waals surface area contributed by atoms with E-state index in [4.69, 9.17) is 58.1 Å². The summed E-state index contributed by atoms with van der Waals surface area (Å²) >= 11 is 0. The number of nitrogens with zero attached hydrogens (tertiary/aromatic N) is 9. The van der Waals surface area contributed by atoms with Gasteiger partial charge in [0.2, 0.25) is 0 Å². The molecule has 22 aromatic carbocycles. The molecular weight excluding hydrogens is 1700 g/mol. The van der Waals surface area contributed by atoms with Crippen molar-refractivity contribution in [1.29, 1.82) is 0 Å². The molecule has 28 rings (SSSR count). The van der Waals surface area contributed by atoms with Gasteiger partial charge < -0.3 is 13.3 Å². The molecule has 648 valence electrons. The van der Waals surface area contributed by atoms with Gasteiger partial charge in [0, 0.05) is 82.4 Å². The number of hydrogen-bond donors (Lipinski definition) is 0. The standard InChI is InChI=1S/C45H27N3O.2C41H25N3O/c1-3-11-30-25-33(21-19-28(30)9-1)43-46-44(34-22-20-29-10-2-4-12-31(29)26-34)48-45(47-43)39-17-8-15-36-35(14-7-16-37(36)39)32-23-24-42-40(27-32)38-13-5-6-18-41(38)49-42;1-2-12-27(13-3-1)39-42-40(29-24-23-26-11-4-5-14-28(26)25-29)44-41(43-39)34-20-9-16-30-31(17-8-18-32(30)34)33-19-10-22-37-38(33)35-15-6-7-21-36(35)45-37;1-2-12-27(13-3-1)39-42-40(30-22-21-26-11-4-5-14-28(26)23-30)44-41(43-39)31-24-29-15-6-7-16-32(29)35(25-31)33-18-10-20-37-38(33)34-17-8-9-19-36(34)45-37/h1-27H;2*1-25H. The molecule has 6 heterocycles. The number of hydrogen-bond acceptors (Lipinski definition) is 12. The fourth-order valence-electron chi connectivity index (χ4n) is 19.8. The Balaban J connectivity index is 0.000000108. The van der Waals surface area contributed by atoms with Crippen LogP contribution in [0.5, 0.6) is 0 Å². The van der Waals surface area contributed by atoms with Gasteiger partial charge in [0.05, 0.1) is 0 Å². The molecule has 12 nitrogen and oxygen atoms in total. The van der Waals surface area contributed by atoms with Crippen LogP contribution in [0.1, 0.15) is 0 Å².